The molecule has 0 bridgehead atoms. The maximum Gasteiger partial charge on any atom is 0.418 e. The number of fused-ring (bicyclic) bond motifs is 1. The van der Waals surface area contributed by atoms with Crippen molar-refractivity contribution in [2.45, 2.75) is 6.18 Å². The molecule has 3 rings (SSSR count). The molecule has 118 valence electrons. The van der Waals surface area contributed by atoms with E-state index in [-0.39, 0.29) is 21.9 Å². The number of halogens is 4. The molecule has 0 aliphatic heterocycles. The zero-order chi connectivity index (χ0) is 16.6. The second kappa shape index (κ2) is 5.54. The summed E-state index contributed by atoms with van der Waals surface area (Å²) < 4.78 is 40.5. The zero-order valence-electron chi connectivity index (χ0n) is 11.3. The first-order valence-electron chi connectivity index (χ1n) is 6.33. The second-order valence-electron chi connectivity index (χ2n) is 4.59. The Kier molecular flexibility index (Phi) is 3.69. The number of aromatic nitrogens is 3. The van der Waals surface area contributed by atoms with Crippen molar-refractivity contribution < 1.29 is 18.0 Å². The lowest BCUT2D eigenvalue weighted by Crippen LogP contribution is -2.16. The molecule has 2 heterocycles. The molecule has 0 saturated carbocycles. The van der Waals surface area contributed by atoms with Crippen molar-refractivity contribution in [1.29, 1.82) is 0 Å². The second-order valence-corrected chi connectivity index (χ2v) is 5.02. The fraction of sp³-hybridized carbons (Fsp3) is 0.0714. The Hall–Kier alpha value is -2.61. The van der Waals surface area contributed by atoms with Crippen LogP contribution < -0.4 is 5.32 Å². The summed E-state index contributed by atoms with van der Waals surface area (Å²) in [5, 5.41) is 6.07. The molecule has 0 unspecified atom stereocenters. The van der Waals surface area contributed by atoms with Crippen molar-refractivity contribution in [3.63, 3.8) is 0 Å². The molecule has 3 aromatic rings. The molecule has 2 aromatic heterocycles. The normalized spacial score (nSPS) is 11.7. The summed E-state index contributed by atoms with van der Waals surface area (Å²) in [6, 6.07) is 4.73. The Balaban J connectivity index is 1.98. The molecule has 1 N–H and O–H groups in total. The Morgan fingerprint density at radius 3 is 2.83 bits per heavy atom. The number of rotatable bonds is 2. The summed E-state index contributed by atoms with van der Waals surface area (Å²) in [6.45, 7) is 0. The maximum atomic E-state index is 13.0. The number of alkyl halides is 3. The molecule has 0 spiro atoms. The van der Waals surface area contributed by atoms with Crippen molar-refractivity contribution in [3.8, 4) is 0 Å². The quantitative estimate of drug-likeness (QED) is 0.774. The van der Waals surface area contributed by atoms with E-state index in [0.29, 0.717) is 0 Å². The minimum absolute atomic E-state index is 0.0636. The lowest BCUT2D eigenvalue weighted by atomic mass is 10.1. The Labute approximate surface area is 132 Å². The van der Waals surface area contributed by atoms with Crippen LogP contribution in [0.1, 0.15) is 15.9 Å². The van der Waals surface area contributed by atoms with Crippen LogP contribution in [-0.2, 0) is 6.18 Å². The number of hydrogen-bond acceptors (Lipinski definition) is 3. The molecule has 0 saturated heterocycles. The molecule has 1 amide bonds. The average Bonchev–Trinajstić information content (AvgIpc) is 2.92. The van der Waals surface area contributed by atoms with E-state index in [1.807, 2.05) is 0 Å². The minimum atomic E-state index is -4.65. The summed E-state index contributed by atoms with van der Waals surface area (Å²) in [5.74, 6) is -0.744. The highest BCUT2D eigenvalue weighted by molar-refractivity contribution is 6.30. The first-order valence-corrected chi connectivity index (χ1v) is 6.70. The van der Waals surface area contributed by atoms with Gasteiger partial charge in [0.05, 0.1) is 17.4 Å². The third-order valence-electron chi connectivity index (χ3n) is 3.06. The number of hydrogen-bond donors (Lipinski definition) is 1. The maximum absolute atomic E-state index is 13.0. The van der Waals surface area contributed by atoms with Crippen LogP contribution in [0.5, 0.6) is 0 Å². The van der Waals surface area contributed by atoms with Crippen LogP contribution in [-0.4, -0.2) is 20.5 Å². The van der Waals surface area contributed by atoms with Crippen LogP contribution in [0.15, 0.2) is 42.9 Å². The van der Waals surface area contributed by atoms with Crippen LogP contribution in [0.4, 0.5) is 18.9 Å². The highest BCUT2D eigenvalue weighted by atomic mass is 35.5. The number of nitrogens with zero attached hydrogens (tertiary/aromatic N) is 3. The third kappa shape index (κ3) is 2.98. The first kappa shape index (κ1) is 15.3. The number of carbonyl (C=O) groups excluding carboxylic acids is 1. The largest absolute Gasteiger partial charge is 0.418 e. The standard InChI is InChI=1S/C14H8ClF3N4O/c15-8-2-3-11(10(6-8)14(16,17)18)21-13(23)9-7-20-22-5-1-4-19-12(9)22/h1-7H,(H,21,23). The van der Waals surface area contributed by atoms with Gasteiger partial charge in [0.1, 0.15) is 5.56 Å². The summed E-state index contributed by atoms with van der Waals surface area (Å²) in [7, 11) is 0. The van der Waals surface area contributed by atoms with E-state index >= 15 is 0 Å². The van der Waals surface area contributed by atoms with Crippen molar-refractivity contribution in [3.05, 3.63) is 59.0 Å². The van der Waals surface area contributed by atoms with Crippen LogP contribution in [0.25, 0.3) is 5.65 Å². The van der Waals surface area contributed by atoms with Crippen molar-refractivity contribution in [1.82, 2.24) is 14.6 Å². The molecule has 5 nitrogen and oxygen atoms in total. The van der Waals surface area contributed by atoms with Gasteiger partial charge in [0.25, 0.3) is 5.91 Å². The molecule has 0 atom stereocenters. The Morgan fingerprint density at radius 2 is 2.09 bits per heavy atom. The lowest BCUT2D eigenvalue weighted by molar-refractivity contribution is -0.136. The van der Waals surface area contributed by atoms with Gasteiger partial charge in [-0.15, -0.1) is 0 Å². The van der Waals surface area contributed by atoms with Gasteiger partial charge in [0.2, 0.25) is 0 Å². The highest BCUT2D eigenvalue weighted by Gasteiger charge is 2.34. The topological polar surface area (TPSA) is 59.3 Å². The molecule has 23 heavy (non-hydrogen) atoms. The van der Waals surface area contributed by atoms with Gasteiger partial charge in [0.15, 0.2) is 5.65 Å². The number of carbonyl (C=O) groups is 1. The van der Waals surface area contributed by atoms with Crippen LogP contribution in [0, 0.1) is 0 Å². The van der Waals surface area contributed by atoms with E-state index in [1.165, 1.54) is 23.0 Å². The van der Waals surface area contributed by atoms with Gasteiger partial charge in [-0.25, -0.2) is 9.50 Å². The number of benzene rings is 1. The van der Waals surface area contributed by atoms with Crippen molar-refractivity contribution in [2.24, 2.45) is 0 Å². The summed E-state index contributed by atoms with van der Waals surface area (Å²) in [4.78, 5) is 16.2. The van der Waals surface area contributed by atoms with Gasteiger partial charge in [-0.05, 0) is 24.3 Å². The minimum Gasteiger partial charge on any atom is -0.321 e. The van der Waals surface area contributed by atoms with E-state index in [1.54, 1.807) is 12.3 Å². The van der Waals surface area contributed by atoms with Gasteiger partial charge in [-0.2, -0.15) is 18.3 Å². The van der Waals surface area contributed by atoms with Gasteiger partial charge in [-0.1, -0.05) is 11.6 Å². The Bertz CT molecular complexity index is 891. The van der Waals surface area contributed by atoms with E-state index in [4.69, 9.17) is 11.6 Å². The molecule has 0 aliphatic rings. The molecule has 1 aromatic carbocycles. The zero-order valence-corrected chi connectivity index (χ0v) is 12.1. The third-order valence-corrected chi connectivity index (χ3v) is 3.29. The lowest BCUT2D eigenvalue weighted by Gasteiger charge is -2.13. The van der Waals surface area contributed by atoms with Gasteiger partial charge >= 0.3 is 6.18 Å². The predicted octanol–water partition coefficient (Wildman–Crippen LogP) is 3.65. The van der Waals surface area contributed by atoms with Crippen LogP contribution in [0.2, 0.25) is 5.02 Å². The summed E-state index contributed by atoms with van der Waals surface area (Å²) >= 11 is 5.60. The SMILES string of the molecule is O=C(Nc1ccc(Cl)cc1C(F)(F)F)c1cnn2cccnc12. The molecular formula is C14H8ClF3N4O. The molecule has 0 radical (unpaired) electrons. The van der Waals surface area contributed by atoms with Crippen molar-refractivity contribution in [2.75, 3.05) is 5.32 Å². The molecule has 0 fully saturated rings. The summed E-state index contributed by atoms with van der Waals surface area (Å²) in [5.41, 5.74) is -1.11. The fourth-order valence-corrected chi connectivity index (χ4v) is 2.21. The van der Waals surface area contributed by atoms with E-state index in [2.05, 4.69) is 15.4 Å². The van der Waals surface area contributed by atoms with E-state index < -0.39 is 17.6 Å². The predicted molar refractivity (Wildman–Crippen MR) is 77.4 cm³/mol. The molecular weight excluding hydrogens is 333 g/mol. The van der Waals surface area contributed by atoms with Crippen LogP contribution >= 0.6 is 11.6 Å². The number of nitrogens with one attached hydrogen (secondary N) is 1. The van der Waals surface area contributed by atoms with Gasteiger partial charge in [-0.3, -0.25) is 4.79 Å². The number of amides is 1. The average molecular weight is 341 g/mol. The van der Waals surface area contributed by atoms with Crippen LogP contribution in [0.3, 0.4) is 0 Å². The van der Waals surface area contributed by atoms with E-state index in [9.17, 15) is 18.0 Å². The van der Waals surface area contributed by atoms with E-state index in [0.717, 1.165) is 12.1 Å². The monoisotopic (exact) mass is 340 g/mol. The summed E-state index contributed by atoms with van der Waals surface area (Å²) in [6.07, 6.45) is -0.381. The highest BCUT2D eigenvalue weighted by Crippen LogP contribution is 2.36. The van der Waals surface area contributed by atoms with Gasteiger partial charge in [0, 0.05) is 17.4 Å². The van der Waals surface area contributed by atoms with Gasteiger partial charge < -0.3 is 5.32 Å². The molecule has 0 aliphatic carbocycles. The first-order chi connectivity index (χ1) is 10.9. The smallest absolute Gasteiger partial charge is 0.321 e. The number of anilines is 1. The molecule has 9 heteroatoms. The van der Waals surface area contributed by atoms with Crippen molar-refractivity contribution >= 4 is 28.8 Å². The Morgan fingerprint density at radius 1 is 1.30 bits per heavy atom. The fourth-order valence-electron chi connectivity index (χ4n) is 2.04.